The van der Waals surface area contributed by atoms with Crippen LogP contribution in [0.4, 0.5) is 4.39 Å². The lowest BCUT2D eigenvalue weighted by atomic mass is 10.2. The van der Waals surface area contributed by atoms with E-state index in [9.17, 15) is 9.18 Å². The van der Waals surface area contributed by atoms with Gasteiger partial charge in [0.2, 0.25) is 0 Å². The second-order valence-electron chi connectivity index (χ2n) is 3.48. The van der Waals surface area contributed by atoms with E-state index in [2.05, 4.69) is 31.2 Å². The summed E-state index contributed by atoms with van der Waals surface area (Å²) in [5, 5.41) is 2.60. The molecule has 0 fully saturated rings. The van der Waals surface area contributed by atoms with Crippen LogP contribution < -0.4 is 5.32 Å². The van der Waals surface area contributed by atoms with Crippen molar-refractivity contribution in [2.75, 3.05) is 0 Å². The van der Waals surface area contributed by atoms with Gasteiger partial charge in [0.05, 0.1) is 17.8 Å². The normalized spacial score (nSPS) is 10.1. The van der Waals surface area contributed by atoms with Crippen molar-refractivity contribution in [3.63, 3.8) is 0 Å². The molecule has 2 rings (SSSR count). The van der Waals surface area contributed by atoms with E-state index in [1.807, 2.05) is 0 Å². The Labute approximate surface area is 111 Å². The largest absolute Gasteiger partial charge is 0.346 e. The molecule has 18 heavy (non-hydrogen) atoms. The molecule has 0 spiro atoms. The highest BCUT2D eigenvalue weighted by molar-refractivity contribution is 9.10. The standard InChI is InChI=1S/C12H9BrFN3O/c13-9-2-1-3-10(14)11(9)12(18)16-6-8-4-5-15-7-17-8/h1-5,7H,6H2,(H,16,18). The molecule has 2 aromatic rings. The molecule has 0 aliphatic heterocycles. The fraction of sp³-hybridized carbons (Fsp3) is 0.0833. The highest BCUT2D eigenvalue weighted by Gasteiger charge is 2.14. The van der Waals surface area contributed by atoms with E-state index in [1.165, 1.54) is 18.5 Å². The van der Waals surface area contributed by atoms with E-state index in [-0.39, 0.29) is 12.1 Å². The van der Waals surface area contributed by atoms with Crippen molar-refractivity contribution in [1.82, 2.24) is 15.3 Å². The predicted octanol–water partition coefficient (Wildman–Crippen LogP) is 2.31. The molecule has 1 amide bonds. The molecule has 1 aromatic heterocycles. The number of nitrogens with one attached hydrogen (secondary N) is 1. The van der Waals surface area contributed by atoms with Gasteiger partial charge < -0.3 is 5.32 Å². The Morgan fingerprint density at radius 3 is 2.89 bits per heavy atom. The number of benzene rings is 1. The Balaban J connectivity index is 2.09. The molecule has 0 saturated carbocycles. The van der Waals surface area contributed by atoms with Gasteiger partial charge in [0.15, 0.2) is 0 Å². The number of hydrogen-bond acceptors (Lipinski definition) is 3. The number of rotatable bonds is 3. The van der Waals surface area contributed by atoms with E-state index < -0.39 is 11.7 Å². The molecule has 1 aromatic carbocycles. The summed E-state index contributed by atoms with van der Waals surface area (Å²) in [6, 6.07) is 6.06. The second kappa shape index (κ2) is 5.68. The molecule has 0 unspecified atom stereocenters. The van der Waals surface area contributed by atoms with Crippen molar-refractivity contribution in [2.45, 2.75) is 6.54 Å². The van der Waals surface area contributed by atoms with Crippen LogP contribution in [0.1, 0.15) is 16.1 Å². The van der Waals surface area contributed by atoms with Gasteiger partial charge >= 0.3 is 0 Å². The minimum Gasteiger partial charge on any atom is -0.346 e. The van der Waals surface area contributed by atoms with Crippen molar-refractivity contribution < 1.29 is 9.18 Å². The van der Waals surface area contributed by atoms with Crippen LogP contribution in [-0.4, -0.2) is 15.9 Å². The van der Waals surface area contributed by atoms with Crippen LogP contribution in [0.2, 0.25) is 0 Å². The molecule has 0 aliphatic rings. The summed E-state index contributed by atoms with van der Waals surface area (Å²) in [6.07, 6.45) is 2.97. The lowest BCUT2D eigenvalue weighted by Crippen LogP contribution is -2.24. The molecule has 6 heteroatoms. The molecule has 4 nitrogen and oxygen atoms in total. The van der Waals surface area contributed by atoms with Gasteiger partial charge in [-0.3, -0.25) is 4.79 Å². The summed E-state index contributed by atoms with van der Waals surface area (Å²) in [5.74, 6) is -1.05. The molecule has 0 aliphatic carbocycles. The molecule has 0 saturated heterocycles. The van der Waals surface area contributed by atoms with Crippen LogP contribution in [0.5, 0.6) is 0 Å². The molecule has 0 atom stereocenters. The maximum atomic E-state index is 13.5. The molecule has 1 N–H and O–H groups in total. The molecule has 92 valence electrons. The van der Waals surface area contributed by atoms with Gasteiger partial charge in [-0.1, -0.05) is 6.07 Å². The van der Waals surface area contributed by atoms with Crippen LogP contribution in [0, 0.1) is 5.82 Å². The maximum Gasteiger partial charge on any atom is 0.255 e. The van der Waals surface area contributed by atoms with Crippen LogP contribution in [-0.2, 0) is 6.54 Å². The van der Waals surface area contributed by atoms with Gasteiger partial charge in [-0.15, -0.1) is 0 Å². The zero-order chi connectivity index (χ0) is 13.0. The SMILES string of the molecule is O=C(NCc1ccncn1)c1c(F)cccc1Br. The Morgan fingerprint density at radius 1 is 1.39 bits per heavy atom. The van der Waals surface area contributed by atoms with E-state index in [0.29, 0.717) is 10.2 Å². The van der Waals surface area contributed by atoms with Gasteiger partial charge in [-0.25, -0.2) is 14.4 Å². The third kappa shape index (κ3) is 2.89. The van der Waals surface area contributed by atoms with Crippen LogP contribution in [0.25, 0.3) is 0 Å². The first-order valence-corrected chi connectivity index (χ1v) is 5.95. The zero-order valence-corrected chi connectivity index (χ0v) is 10.8. The van der Waals surface area contributed by atoms with Crippen molar-refractivity contribution in [1.29, 1.82) is 0 Å². The van der Waals surface area contributed by atoms with Crippen LogP contribution in [0.3, 0.4) is 0 Å². The summed E-state index contributed by atoms with van der Waals surface area (Å²) in [4.78, 5) is 19.6. The highest BCUT2D eigenvalue weighted by atomic mass is 79.9. The van der Waals surface area contributed by atoms with E-state index in [4.69, 9.17) is 0 Å². The van der Waals surface area contributed by atoms with Crippen molar-refractivity contribution >= 4 is 21.8 Å². The third-order valence-electron chi connectivity index (χ3n) is 2.26. The van der Waals surface area contributed by atoms with E-state index in [1.54, 1.807) is 18.3 Å². The number of carbonyl (C=O) groups excluding carboxylic acids is 1. The summed E-state index contributed by atoms with van der Waals surface area (Å²) in [6.45, 7) is 0.224. The zero-order valence-electron chi connectivity index (χ0n) is 9.23. The first-order chi connectivity index (χ1) is 8.68. The van der Waals surface area contributed by atoms with Crippen LogP contribution in [0.15, 0.2) is 41.3 Å². The number of nitrogens with zero attached hydrogens (tertiary/aromatic N) is 2. The Kier molecular flexibility index (Phi) is 3.99. The van der Waals surface area contributed by atoms with Gasteiger partial charge in [-0.05, 0) is 34.1 Å². The topological polar surface area (TPSA) is 54.9 Å². The summed E-state index contributed by atoms with van der Waals surface area (Å²) in [5.41, 5.74) is 0.650. The maximum absolute atomic E-state index is 13.5. The summed E-state index contributed by atoms with van der Waals surface area (Å²) < 4.78 is 13.9. The summed E-state index contributed by atoms with van der Waals surface area (Å²) in [7, 11) is 0. The molecule has 0 bridgehead atoms. The van der Waals surface area contributed by atoms with Gasteiger partial charge in [0.25, 0.3) is 5.91 Å². The fourth-order valence-corrected chi connectivity index (χ4v) is 1.92. The average molecular weight is 310 g/mol. The molecular weight excluding hydrogens is 301 g/mol. The van der Waals surface area contributed by atoms with Crippen molar-refractivity contribution in [3.8, 4) is 0 Å². The number of amides is 1. The van der Waals surface area contributed by atoms with Crippen molar-refractivity contribution in [3.05, 3.63) is 58.3 Å². The minimum absolute atomic E-state index is 0.00782. The average Bonchev–Trinajstić information content (AvgIpc) is 2.37. The van der Waals surface area contributed by atoms with Crippen molar-refractivity contribution in [2.24, 2.45) is 0 Å². The minimum atomic E-state index is -0.565. The van der Waals surface area contributed by atoms with Gasteiger partial charge in [-0.2, -0.15) is 0 Å². The monoisotopic (exact) mass is 309 g/mol. The predicted molar refractivity (Wildman–Crippen MR) is 67.3 cm³/mol. The second-order valence-corrected chi connectivity index (χ2v) is 4.33. The third-order valence-corrected chi connectivity index (χ3v) is 2.92. The molecule has 1 heterocycles. The number of halogens is 2. The lowest BCUT2D eigenvalue weighted by Gasteiger charge is -2.07. The Bertz CT molecular complexity index is 542. The van der Waals surface area contributed by atoms with E-state index >= 15 is 0 Å². The van der Waals surface area contributed by atoms with Gasteiger partial charge in [0, 0.05) is 10.7 Å². The number of hydrogen-bond donors (Lipinski definition) is 1. The quantitative estimate of drug-likeness (QED) is 0.946. The summed E-state index contributed by atoms with van der Waals surface area (Å²) >= 11 is 3.15. The smallest absolute Gasteiger partial charge is 0.255 e. The highest BCUT2D eigenvalue weighted by Crippen LogP contribution is 2.19. The molecular formula is C12H9BrFN3O. The molecule has 0 radical (unpaired) electrons. The first-order valence-electron chi connectivity index (χ1n) is 5.15. The lowest BCUT2D eigenvalue weighted by molar-refractivity contribution is 0.0945. The van der Waals surface area contributed by atoms with Crippen LogP contribution >= 0.6 is 15.9 Å². The Morgan fingerprint density at radius 2 is 2.22 bits per heavy atom. The first kappa shape index (κ1) is 12.6. The Hall–Kier alpha value is -1.82. The number of aromatic nitrogens is 2. The van der Waals surface area contributed by atoms with Gasteiger partial charge in [0.1, 0.15) is 12.1 Å². The van der Waals surface area contributed by atoms with E-state index in [0.717, 1.165) is 0 Å². The number of carbonyl (C=O) groups is 1. The fourth-order valence-electron chi connectivity index (χ4n) is 1.40.